The van der Waals surface area contributed by atoms with Gasteiger partial charge in [0.25, 0.3) is 5.91 Å². The number of nitrogens with zero attached hydrogens (tertiary/aromatic N) is 2. The van der Waals surface area contributed by atoms with Gasteiger partial charge in [0.05, 0.1) is 11.7 Å². The molecule has 5 nitrogen and oxygen atoms in total. The van der Waals surface area contributed by atoms with E-state index in [1.165, 1.54) is 12.8 Å². The standard InChI is InChI=1S/C17H24N4O/c1-2-3-8-21-9-4-5-15(12-21)19-17(22)13-6-7-16-14(10-13)11-18-20-16/h6-7,10-11,15H,2-5,8-9,12H2,1H3,(H,18,20)(H,19,22)/t15-/m0/s1. The first-order chi connectivity index (χ1) is 10.8. The largest absolute Gasteiger partial charge is 0.348 e. The number of piperidine rings is 1. The molecule has 1 aliphatic rings. The second-order valence-electron chi connectivity index (χ2n) is 6.14. The molecule has 1 saturated heterocycles. The van der Waals surface area contributed by atoms with Crippen LogP contribution in [0.25, 0.3) is 10.9 Å². The number of aromatic nitrogens is 2. The molecular weight excluding hydrogens is 276 g/mol. The summed E-state index contributed by atoms with van der Waals surface area (Å²) >= 11 is 0. The van der Waals surface area contributed by atoms with Crippen molar-refractivity contribution in [1.82, 2.24) is 20.4 Å². The van der Waals surface area contributed by atoms with Crippen LogP contribution in [0.3, 0.4) is 0 Å². The van der Waals surface area contributed by atoms with Crippen molar-refractivity contribution >= 4 is 16.8 Å². The molecule has 0 spiro atoms. The summed E-state index contributed by atoms with van der Waals surface area (Å²) in [6.07, 6.45) is 6.44. The number of hydrogen-bond acceptors (Lipinski definition) is 3. The Morgan fingerprint density at radius 2 is 2.41 bits per heavy atom. The van der Waals surface area contributed by atoms with Gasteiger partial charge in [-0.3, -0.25) is 9.89 Å². The molecule has 3 rings (SSSR count). The zero-order valence-electron chi connectivity index (χ0n) is 13.1. The molecule has 0 saturated carbocycles. The summed E-state index contributed by atoms with van der Waals surface area (Å²) < 4.78 is 0. The fourth-order valence-electron chi connectivity index (χ4n) is 3.11. The number of H-pyrrole nitrogens is 1. The van der Waals surface area contributed by atoms with Crippen LogP contribution in [0.2, 0.25) is 0 Å². The van der Waals surface area contributed by atoms with Crippen molar-refractivity contribution in [2.24, 2.45) is 0 Å². The van der Waals surface area contributed by atoms with Gasteiger partial charge in [-0.1, -0.05) is 13.3 Å². The van der Waals surface area contributed by atoms with Gasteiger partial charge in [0.15, 0.2) is 0 Å². The predicted octanol–water partition coefficient (Wildman–Crippen LogP) is 2.56. The van der Waals surface area contributed by atoms with Crippen LogP contribution < -0.4 is 5.32 Å². The van der Waals surface area contributed by atoms with Crippen molar-refractivity contribution in [3.8, 4) is 0 Å². The molecule has 1 aliphatic heterocycles. The van der Waals surface area contributed by atoms with Gasteiger partial charge in [-0.15, -0.1) is 0 Å². The lowest BCUT2D eigenvalue weighted by molar-refractivity contribution is 0.0903. The van der Waals surface area contributed by atoms with Crippen molar-refractivity contribution in [1.29, 1.82) is 0 Å². The van der Waals surface area contributed by atoms with Crippen LogP contribution in [0.15, 0.2) is 24.4 Å². The zero-order chi connectivity index (χ0) is 15.4. The van der Waals surface area contributed by atoms with Crippen LogP contribution in [0, 0.1) is 0 Å². The van der Waals surface area contributed by atoms with E-state index in [4.69, 9.17) is 0 Å². The zero-order valence-corrected chi connectivity index (χ0v) is 13.1. The Morgan fingerprint density at radius 3 is 3.27 bits per heavy atom. The highest BCUT2D eigenvalue weighted by atomic mass is 16.1. The Hall–Kier alpha value is -1.88. The number of amides is 1. The molecule has 1 amide bonds. The Kier molecular flexibility index (Phi) is 4.73. The average Bonchev–Trinajstić information content (AvgIpc) is 3.00. The highest BCUT2D eigenvalue weighted by Crippen LogP contribution is 2.15. The molecule has 0 bridgehead atoms. The maximum atomic E-state index is 12.4. The predicted molar refractivity (Wildman–Crippen MR) is 87.9 cm³/mol. The number of rotatable bonds is 5. The normalized spacial score (nSPS) is 19.4. The number of nitrogens with one attached hydrogen (secondary N) is 2. The van der Waals surface area contributed by atoms with Crippen molar-refractivity contribution in [2.45, 2.75) is 38.6 Å². The smallest absolute Gasteiger partial charge is 0.251 e. The third kappa shape index (κ3) is 3.47. The van der Waals surface area contributed by atoms with Crippen molar-refractivity contribution in [3.05, 3.63) is 30.0 Å². The topological polar surface area (TPSA) is 61.0 Å². The van der Waals surface area contributed by atoms with Crippen LogP contribution in [0.4, 0.5) is 0 Å². The molecule has 22 heavy (non-hydrogen) atoms. The van der Waals surface area contributed by atoms with Gasteiger partial charge in [-0.2, -0.15) is 5.10 Å². The summed E-state index contributed by atoms with van der Waals surface area (Å²) in [6.45, 7) is 5.49. The van der Waals surface area contributed by atoms with Gasteiger partial charge in [0.1, 0.15) is 0 Å². The van der Waals surface area contributed by atoms with E-state index in [1.807, 2.05) is 18.2 Å². The van der Waals surface area contributed by atoms with E-state index in [2.05, 4.69) is 27.3 Å². The molecule has 1 fully saturated rings. The Morgan fingerprint density at radius 1 is 1.50 bits per heavy atom. The van der Waals surface area contributed by atoms with E-state index in [0.29, 0.717) is 5.56 Å². The molecule has 5 heteroatoms. The molecule has 2 aromatic rings. The second-order valence-corrected chi connectivity index (χ2v) is 6.14. The minimum Gasteiger partial charge on any atom is -0.348 e. The van der Waals surface area contributed by atoms with Crippen LogP contribution in [-0.2, 0) is 0 Å². The van der Waals surface area contributed by atoms with Crippen molar-refractivity contribution < 1.29 is 4.79 Å². The van der Waals surface area contributed by atoms with Gasteiger partial charge in [-0.25, -0.2) is 0 Å². The van der Waals surface area contributed by atoms with Crippen LogP contribution in [0.1, 0.15) is 43.0 Å². The minimum absolute atomic E-state index is 0.0189. The molecular formula is C17H24N4O. The van der Waals surface area contributed by atoms with Crippen LogP contribution in [-0.4, -0.2) is 46.7 Å². The first-order valence-corrected chi connectivity index (χ1v) is 8.22. The van der Waals surface area contributed by atoms with E-state index in [1.54, 1.807) is 6.20 Å². The van der Waals surface area contributed by atoms with Crippen molar-refractivity contribution in [3.63, 3.8) is 0 Å². The lowest BCUT2D eigenvalue weighted by Crippen LogP contribution is -2.47. The number of hydrogen-bond donors (Lipinski definition) is 2. The fourth-order valence-corrected chi connectivity index (χ4v) is 3.11. The molecule has 0 radical (unpaired) electrons. The summed E-state index contributed by atoms with van der Waals surface area (Å²) in [5.41, 5.74) is 1.67. The van der Waals surface area contributed by atoms with Gasteiger partial charge >= 0.3 is 0 Å². The number of fused-ring (bicyclic) bond motifs is 1. The lowest BCUT2D eigenvalue weighted by atomic mass is 10.0. The van der Waals surface area contributed by atoms with Gasteiger partial charge in [0.2, 0.25) is 0 Å². The third-order valence-electron chi connectivity index (χ3n) is 4.37. The number of benzene rings is 1. The molecule has 0 unspecified atom stereocenters. The minimum atomic E-state index is 0.0189. The van der Waals surface area contributed by atoms with E-state index in [9.17, 15) is 4.79 Å². The highest BCUT2D eigenvalue weighted by Gasteiger charge is 2.21. The van der Waals surface area contributed by atoms with E-state index in [-0.39, 0.29) is 11.9 Å². The van der Waals surface area contributed by atoms with Crippen molar-refractivity contribution in [2.75, 3.05) is 19.6 Å². The molecule has 118 valence electrons. The first-order valence-electron chi connectivity index (χ1n) is 8.22. The molecule has 0 aliphatic carbocycles. The number of unbranched alkanes of at least 4 members (excludes halogenated alkanes) is 1. The van der Waals surface area contributed by atoms with Gasteiger partial charge < -0.3 is 10.2 Å². The van der Waals surface area contributed by atoms with Gasteiger partial charge in [0, 0.05) is 23.5 Å². The Balaban J connectivity index is 1.60. The van der Waals surface area contributed by atoms with E-state index >= 15 is 0 Å². The molecule has 2 N–H and O–H groups in total. The molecule has 1 aromatic heterocycles. The highest BCUT2D eigenvalue weighted by molar-refractivity contribution is 5.98. The number of likely N-dealkylation sites (tertiary alicyclic amines) is 1. The first kappa shape index (κ1) is 15.0. The van der Waals surface area contributed by atoms with Crippen LogP contribution in [0.5, 0.6) is 0 Å². The summed E-state index contributed by atoms with van der Waals surface area (Å²) in [5, 5.41) is 11.1. The number of aromatic amines is 1. The monoisotopic (exact) mass is 300 g/mol. The summed E-state index contributed by atoms with van der Waals surface area (Å²) in [5.74, 6) is 0.0189. The SMILES string of the molecule is CCCCN1CCC[C@H](NC(=O)c2ccc3[nH]ncc3c2)C1. The number of carbonyl (C=O) groups is 1. The quantitative estimate of drug-likeness (QED) is 0.892. The molecule has 2 heterocycles. The maximum absolute atomic E-state index is 12.4. The lowest BCUT2D eigenvalue weighted by Gasteiger charge is -2.33. The average molecular weight is 300 g/mol. The third-order valence-corrected chi connectivity index (χ3v) is 4.37. The number of carbonyl (C=O) groups excluding carboxylic acids is 1. The maximum Gasteiger partial charge on any atom is 0.251 e. The molecule has 1 aromatic carbocycles. The molecule has 1 atom stereocenters. The summed E-state index contributed by atoms with van der Waals surface area (Å²) in [4.78, 5) is 14.9. The Bertz CT molecular complexity index is 636. The fraction of sp³-hybridized carbons (Fsp3) is 0.529. The second kappa shape index (κ2) is 6.92. The summed E-state index contributed by atoms with van der Waals surface area (Å²) in [6, 6.07) is 5.92. The summed E-state index contributed by atoms with van der Waals surface area (Å²) in [7, 11) is 0. The van der Waals surface area contributed by atoms with Crippen LogP contribution >= 0.6 is 0 Å². The van der Waals surface area contributed by atoms with Gasteiger partial charge in [-0.05, 0) is 50.6 Å². The van der Waals surface area contributed by atoms with E-state index in [0.717, 1.165) is 43.4 Å². The van der Waals surface area contributed by atoms with E-state index < -0.39 is 0 Å². The Labute approximate surface area is 131 Å².